The van der Waals surface area contributed by atoms with Crippen molar-refractivity contribution in [2.75, 3.05) is 13.1 Å². The van der Waals surface area contributed by atoms with Crippen molar-refractivity contribution in [3.05, 3.63) is 11.7 Å². The molecule has 2 heterocycles. The minimum atomic E-state index is 0.0786. The Labute approximate surface area is 138 Å². The molecule has 6 heteroatoms. The van der Waals surface area contributed by atoms with Gasteiger partial charge in [0.15, 0.2) is 5.82 Å². The van der Waals surface area contributed by atoms with E-state index in [0.717, 1.165) is 50.9 Å². The van der Waals surface area contributed by atoms with Crippen LogP contribution >= 0.6 is 0 Å². The first-order valence-corrected chi connectivity index (χ1v) is 9.14. The minimum Gasteiger partial charge on any atom is -0.339 e. The fourth-order valence-corrected chi connectivity index (χ4v) is 3.63. The van der Waals surface area contributed by atoms with Gasteiger partial charge in [-0.05, 0) is 32.1 Å². The summed E-state index contributed by atoms with van der Waals surface area (Å²) in [7, 11) is 0. The summed E-state index contributed by atoms with van der Waals surface area (Å²) in [4.78, 5) is 18.9. The van der Waals surface area contributed by atoms with E-state index in [0.29, 0.717) is 18.5 Å². The highest BCUT2D eigenvalue weighted by Crippen LogP contribution is 2.26. The fraction of sp³-hybridized carbons (Fsp3) is 0.824. The highest BCUT2D eigenvalue weighted by Gasteiger charge is 2.29. The van der Waals surface area contributed by atoms with E-state index >= 15 is 0 Å². The number of aromatic nitrogens is 2. The van der Waals surface area contributed by atoms with Crippen LogP contribution in [0.5, 0.6) is 0 Å². The van der Waals surface area contributed by atoms with Gasteiger partial charge in [0, 0.05) is 25.6 Å². The van der Waals surface area contributed by atoms with Crippen LogP contribution in [0.1, 0.15) is 75.9 Å². The second-order valence-electron chi connectivity index (χ2n) is 6.87. The maximum absolute atomic E-state index is 12.5. The SMILES string of the molecule is CCCc1noc([C@H]2CCCN(C(=O)NC3CCCCC3)C2)n1. The van der Waals surface area contributed by atoms with Crippen LogP contribution in [-0.2, 0) is 6.42 Å². The molecule has 0 radical (unpaired) electrons. The molecule has 0 spiro atoms. The first-order valence-electron chi connectivity index (χ1n) is 9.14. The lowest BCUT2D eigenvalue weighted by molar-refractivity contribution is 0.166. The number of nitrogens with one attached hydrogen (secondary N) is 1. The molecule has 128 valence electrons. The highest BCUT2D eigenvalue weighted by molar-refractivity contribution is 5.74. The van der Waals surface area contributed by atoms with Crippen molar-refractivity contribution in [1.29, 1.82) is 0 Å². The van der Waals surface area contributed by atoms with Crippen LogP contribution in [0.4, 0.5) is 4.79 Å². The Morgan fingerprint density at radius 3 is 2.87 bits per heavy atom. The van der Waals surface area contributed by atoms with E-state index < -0.39 is 0 Å². The zero-order valence-electron chi connectivity index (χ0n) is 14.1. The topological polar surface area (TPSA) is 71.3 Å². The summed E-state index contributed by atoms with van der Waals surface area (Å²) < 4.78 is 5.42. The average Bonchev–Trinajstić information content (AvgIpc) is 3.05. The van der Waals surface area contributed by atoms with Crippen molar-refractivity contribution in [3.8, 4) is 0 Å². The van der Waals surface area contributed by atoms with E-state index in [4.69, 9.17) is 4.52 Å². The van der Waals surface area contributed by atoms with Gasteiger partial charge in [-0.15, -0.1) is 0 Å². The average molecular weight is 320 g/mol. The molecule has 2 amide bonds. The number of urea groups is 1. The van der Waals surface area contributed by atoms with E-state index in [9.17, 15) is 4.79 Å². The Kier molecular flexibility index (Phi) is 5.51. The largest absolute Gasteiger partial charge is 0.339 e. The van der Waals surface area contributed by atoms with Gasteiger partial charge in [0.25, 0.3) is 0 Å². The Balaban J connectivity index is 1.55. The van der Waals surface area contributed by atoms with Crippen LogP contribution in [-0.4, -0.2) is 40.2 Å². The van der Waals surface area contributed by atoms with Gasteiger partial charge in [0.05, 0.1) is 5.92 Å². The number of amides is 2. The second kappa shape index (κ2) is 7.79. The summed E-state index contributed by atoms with van der Waals surface area (Å²) in [5, 5.41) is 7.25. The van der Waals surface area contributed by atoms with Crippen LogP contribution in [0.2, 0.25) is 0 Å². The Morgan fingerprint density at radius 2 is 2.09 bits per heavy atom. The Morgan fingerprint density at radius 1 is 1.26 bits per heavy atom. The molecule has 1 atom stereocenters. The molecule has 1 aromatic rings. The van der Waals surface area contributed by atoms with Gasteiger partial charge < -0.3 is 14.7 Å². The molecule has 1 saturated carbocycles. The zero-order chi connectivity index (χ0) is 16.1. The molecule has 0 aromatic carbocycles. The van der Waals surface area contributed by atoms with Crippen LogP contribution in [0, 0.1) is 0 Å². The maximum Gasteiger partial charge on any atom is 0.317 e. The van der Waals surface area contributed by atoms with E-state index in [1.165, 1.54) is 19.3 Å². The Bertz CT molecular complexity index is 510. The summed E-state index contributed by atoms with van der Waals surface area (Å²) in [6.07, 6.45) is 9.87. The second-order valence-corrected chi connectivity index (χ2v) is 6.87. The molecular weight excluding hydrogens is 292 g/mol. The summed E-state index contributed by atoms with van der Waals surface area (Å²) >= 11 is 0. The molecular formula is C17H28N4O2. The number of carbonyl (C=O) groups is 1. The van der Waals surface area contributed by atoms with Crippen LogP contribution < -0.4 is 5.32 Å². The molecule has 2 fully saturated rings. The van der Waals surface area contributed by atoms with Gasteiger partial charge in [0.1, 0.15) is 0 Å². The smallest absolute Gasteiger partial charge is 0.317 e. The van der Waals surface area contributed by atoms with Crippen molar-refractivity contribution in [1.82, 2.24) is 20.4 Å². The fourth-order valence-electron chi connectivity index (χ4n) is 3.63. The summed E-state index contributed by atoms with van der Waals surface area (Å²) in [5.74, 6) is 1.66. The van der Waals surface area contributed by atoms with Crippen molar-refractivity contribution in [3.63, 3.8) is 0 Å². The summed E-state index contributed by atoms with van der Waals surface area (Å²) in [6, 6.07) is 0.436. The molecule has 1 aromatic heterocycles. The number of carbonyl (C=O) groups excluding carboxylic acids is 1. The quantitative estimate of drug-likeness (QED) is 0.924. The van der Waals surface area contributed by atoms with Crippen molar-refractivity contribution >= 4 is 6.03 Å². The third-order valence-electron chi connectivity index (χ3n) is 4.95. The monoisotopic (exact) mass is 320 g/mol. The minimum absolute atomic E-state index is 0.0786. The van der Waals surface area contributed by atoms with Crippen molar-refractivity contribution < 1.29 is 9.32 Å². The van der Waals surface area contributed by atoms with Gasteiger partial charge in [-0.25, -0.2) is 4.79 Å². The molecule has 1 N–H and O–H groups in total. The molecule has 1 saturated heterocycles. The van der Waals surface area contributed by atoms with Gasteiger partial charge >= 0.3 is 6.03 Å². The number of aryl methyl sites for hydroxylation is 1. The number of nitrogens with zero attached hydrogens (tertiary/aromatic N) is 3. The van der Waals surface area contributed by atoms with E-state index in [-0.39, 0.29) is 11.9 Å². The normalized spacial score (nSPS) is 23.0. The molecule has 23 heavy (non-hydrogen) atoms. The number of rotatable bonds is 4. The van der Waals surface area contributed by atoms with E-state index in [1.54, 1.807) is 0 Å². The van der Waals surface area contributed by atoms with Gasteiger partial charge in [-0.1, -0.05) is 31.3 Å². The van der Waals surface area contributed by atoms with Gasteiger partial charge in [-0.3, -0.25) is 0 Å². The summed E-state index contributed by atoms with van der Waals surface area (Å²) in [6.45, 7) is 3.62. The molecule has 0 unspecified atom stereocenters. The van der Waals surface area contributed by atoms with Crippen molar-refractivity contribution in [2.24, 2.45) is 0 Å². The number of piperidine rings is 1. The molecule has 0 bridgehead atoms. The highest BCUT2D eigenvalue weighted by atomic mass is 16.5. The third-order valence-corrected chi connectivity index (χ3v) is 4.95. The lowest BCUT2D eigenvalue weighted by atomic mass is 9.95. The lowest BCUT2D eigenvalue weighted by Gasteiger charge is -2.33. The first-order chi connectivity index (χ1) is 11.3. The zero-order valence-corrected chi connectivity index (χ0v) is 14.1. The van der Waals surface area contributed by atoms with E-state index in [1.807, 2.05) is 4.90 Å². The van der Waals surface area contributed by atoms with Gasteiger partial charge in [-0.2, -0.15) is 4.98 Å². The predicted molar refractivity (Wildman–Crippen MR) is 87.2 cm³/mol. The summed E-state index contributed by atoms with van der Waals surface area (Å²) in [5.41, 5.74) is 0. The third kappa shape index (κ3) is 4.24. The van der Waals surface area contributed by atoms with Gasteiger partial charge in [0.2, 0.25) is 5.89 Å². The molecule has 6 nitrogen and oxygen atoms in total. The predicted octanol–water partition coefficient (Wildman–Crippen LogP) is 3.24. The Hall–Kier alpha value is -1.59. The van der Waals surface area contributed by atoms with Crippen LogP contribution in [0.3, 0.4) is 0 Å². The standard InChI is InChI=1S/C17H28N4O2/c1-2-7-15-19-16(23-20-15)13-8-6-11-21(12-13)17(22)18-14-9-4-3-5-10-14/h13-14H,2-12H2,1H3,(H,18,22)/t13-/m0/s1. The molecule has 1 aliphatic carbocycles. The first kappa shape index (κ1) is 16.3. The van der Waals surface area contributed by atoms with E-state index in [2.05, 4.69) is 22.4 Å². The lowest BCUT2D eigenvalue weighted by Crippen LogP contribution is -2.48. The number of hydrogen-bond acceptors (Lipinski definition) is 4. The maximum atomic E-state index is 12.5. The van der Waals surface area contributed by atoms with Crippen LogP contribution in [0.15, 0.2) is 4.52 Å². The molecule has 2 aliphatic rings. The number of hydrogen-bond donors (Lipinski definition) is 1. The van der Waals surface area contributed by atoms with Crippen LogP contribution in [0.25, 0.3) is 0 Å². The van der Waals surface area contributed by atoms with Crippen molar-refractivity contribution in [2.45, 2.75) is 76.7 Å². The molecule has 3 rings (SSSR count). The molecule has 1 aliphatic heterocycles. The number of likely N-dealkylation sites (tertiary alicyclic amines) is 1.